The monoisotopic (exact) mass is 612 g/mol. The van der Waals surface area contributed by atoms with Crippen LogP contribution in [0.3, 0.4) is 0 Å². The van der Waals surface area contributed by atoms with Crippen LogP contribution in [0.15, 0.2) is 99.5 Å². The number of aromatic nitrogens is 4. The lowest BCUT2D eigenvalue weighted by atomic mass is 10.1. The molecule has 6 rings (SSSR count). The van der Waals surface area contributed by atoms with Crippen molar-refractivity contribution in [2.24, 2.45) is 0 Å². The maximum Gasteiger partial charge on any atom is 0.262 e. The first-order valence-electron chi connectivity index (χ1n) is 13.6. The predicted octanol–water partition coefficient (Wildman–Crippen LogP) is 7.70. The molecule has 3 aromatic heterocycles. The van der Waals surface area contributed by atoms with Crippen molar-refractivity contribution in [3.8, 4) is 39.0 Å². The molecular weight excluding hydrogens is 587 g/mol. The van der Waals surface area contributed by atoms with Gasteiger partial charge in [0.2, 0.25) is 11.8 Å². The van der Waals surface area contributed by atoms with E-state index in [0.29, 0.717) is 57.8 Å². The van der Waals surface area contributed by atoms with E-state index in [1.165, 1.54) is 17.4 Å². The highest BCUT2D eigenvalue weighted by Crippen LogP contribution is 2.35. The van der Waals surface area contributed by atoms with E-state index in [0.717, 1.165) is 11.1 Å². The average Bonchev–Trinajstić information content (AvgIpc) is 3.71. The Kier molecular flexibility index (Phi) is 8.44. The molecule has 7 nitrogen and oxygen atoms in total. The van der Waals surface area contributed by atoms with E-state index in [1.54, 1.807) is 23.6 Å². The smallest absolute Gasteiger partial charge is 0.262 e. The highest BCUT2D eigenvalue weighted by molar-refractivity contribution is 7.14. The van der Waals surface area contributed by atoms with Crippen LogP contribution in [0.25, 0.3) is 33.3 Å². The molecule has 6 aromatic rings. The maximum absolute atomic E-state index is 15.3. The molecule has 3 aromatic carbocycles. The van der Waals surface area contributed by atoms with Crippen molar-refractivity contribution in [2.75, 3.05) is 0 Å². The number of alkyl halides is 1. The molecule has 43 heavy (non-hydrogen) atoms. The van der Waals surface area contributed by atoms with Gasteiger partial charge in [-0.3, -0.25) is 9.36 Å². The molecule has 0 fully saturated rings. The van der Waals surface area contributed by atoms with E-state index in [-0.39, 0.29) is 23.8 Å². The van der Waals surface area contributed by atoms with Gasteiger partial charge in [0.05, 0.1) is 22.4 Å². The number of benzene rings is 3. The largest absolute Gasteiger partial charge is 0.485 e. The van der Waals surface area contributed by atoms with Crippen LogP contribution in [0.4, 0.5) is 4.39 Å². The number of hydrogen-bond acceptors (Lipinski definition) is 7. The van der Waals surface area contributed by atoms with E-state index < -0.39 is 5.82 Å². The van der Waals surface area contributed by atoms with Gasteiger partial charge in [-0.1, -0.05) is 66.7 Å². The first-order chi connectivity index (χ1) is 21.0. The van der Waals surface area contributed by atoms with Crippen LogP contribution >= 0.6 is 22.9 Å². The molecule has 0 saturated carbocycles. The summed E-state index contributed by atoms with van der Waals surface area (Å²) >= 11 is 7.20. The Balaban J connectivity index is 1.45. The minimum Gasteiger partial charge on any atom is -0.485 e. The van der Waals surface area contributed by atoms with Crippen LogP contribution in [0.2, 0.25) is 0 Å². The molecule has 216 valence electrons. The molecule has 0 bridgehead atoms. The number of nitrogens with zero attached hydrogens (tertiary/aromatic N) is 4. The molecule has 0 aliphatic heterocycles. The summed E-state index contributed by atoms with van der Waals surface area (Å²) in [5.74, 6) is 0.601. The van der Waals surface area contributed by atoms with E-state index in [2.05, 4.69) is 10.2 Å². The summed E-state index contributed by atoms with van der Waals surface area (Å²) < 4.78 is 28.5. The van der Waals surface area contributed by atoms with Crippen LogP contribution in [-0.2, 0) is 25.5 Å². The van der Waals surface area contributed by atoms with Gasteiger partial charge in [0.25, 0.3) is 5.56 Å². The van der Waals surface area contributed by atoms with E-state index in [4.69, 9.17) is 25.7 Å². The zero-order chi connectivity index (χ0) is 29.8. The fourth-order valence-corrected chi connectivity index (χ4v) is 5.89. The highest BCUT2D eigenvalue weighted by Gasteiger charge is 2.23. The summed E-state index contributed by atoms with van der Waals surface area (Å²) in [7, 11) is 0. The minimum absolute atomic E-state index is 0.0452. The fraction of sp³-hybridized carbons (Fsp3) is 0.152. The van der Waals surface area contributed by atoms with Gasteiger partial charge in [0.1, 0.15) is 18.3 Å². The van der Waals surface area contributed by atoms with E-state index in [1.807, 2.05) is 72.1 Å². The normalized spacial score (nSPS) is 11.1. The molecule has 0 atom stereocenters. The Bertz CT molecular complexity index is 1920. The fourth-order valence-electron chi connectivity index (χ4n) is 4.81. The number of rotatable bonds is 10. The zero-order valence-electron chi connectivity index (χ0n) is 23.2. The van der Waals surface area contributed by atoms with Gasteiger partial charge in [0.15, 0.2) is 11.6 Å². The molecule has 0 saturated heterocycles. The SMILES string of the molecule is Cc1nc(-c2cccc(F)c2OCc2ccccc2)n(CCc2ccccc2)c(=O)c1-c1cc(-c2nnc(CCl)o2)cs1. The maximum atomic E-state index is 15.3. The molecule has 0 radical (unpaired) electrons. The Morgan fingerprint density at radius 1 is 0.977 bits per heavy atom. The van der Waals surface area contributed by atoms with Crippen LogP contribution in [0, 0.1) is 12.7 Å². The Hall–Kier alpha value is -4.60. The topological polar surface area (TPSA) is 83.0 Å². The van der Waals surface area contributed by atoms with E-state index >= 15 is 4.39 Å². The summed E-state index contributed by atoms with van der Waals surface area (Å²) in [6.07, 6.45) is 0.576. The lowest BCUT2D eigenvalue weighted by Crippen LogP contribution is -2.27. The van der Waals surface area contributed by atoms with Crippen LogP contribution in [0.1, 0.15) is 22.7 Å². The van der Waals surface area contributed by atoms with Crippen molar-refractivity contribution >= 4 is 22.9 Å². The van der Waals surface area contributed by atoms with Crippen molar-refractivity contribution in [1.82, 2.24) is 19.7 Å². The average molecular weight is 613 g/mol. The highest BCUT2D eigenvalue weighted by atomic mass is 35.5. The van der Waals surface area contributed by atoms with Crippen LogP contribution in [0.5, 0.6) is 5.75 Å². The summed E-state index contributed by atoms with van der Waals surface area (Å²) in [5, 5.41) is 9.83. The lowest BCUT2D eigenvalue weighted by molar-refractivity contribution is 0.291. The lowest BCUT2D eigenvalue weighted by Gasteiger charge is -2.18. The Labute approximate surface area is 256 Å². The molecule has 10 heteroatoms. The van der Waals surface area contributed by atoms with Crippen LogP contribution in [-0.4, -0.2) is 19.7 Å². The number of para-hydroxylation sites is 1. The summed E-state index contributed by atoms with van der Waals surface area (Å²) in [6.45, 7) is 2.27. The molecular formula is C33H26ClFN4O3S. The van der Waals surface area contributed by atoms with Crippen molar-refractivity contribution in [3.05, 3.63) is 129 Å². The number of aryl methyl sites for hydroxylation is 2. The third-order valence-electron chi connectivity index (χ3n) is 6.92. The third-order valence-corrected chi connectivity index (χ3v) is 8.10. The summed E-state index contributed by atoms with van der Waals surface area (Å²) in [4.78, 5) is 19.9. The zero-order valence-corrected chi connectivity index (χ0v) is 24.7. The quantitative estimate of drug-likeness (QED) is 0.147. The molecule has 0 unspecified atom stereocenters. The van der Waals surface area contributed by atoms with Crippen LogP contribution < -0.4 is 10.3 Å². The molecule has 0 aliphatic rings. The Morgan fingerprint density at radius 3 is 2.44 bits per heavy atom. The second-order valence-electron chi connectivity index (χ2n) is 9.81. The van der Waals surface area contributed by atoms with Gasteiger partial charge in [-0.25, -0.2) is 9.37 Å². The minimum atomic E-state index is -0.530. The molecule has 0 spiro atoms. The number of ether oxygens (including phenoxy) is 1. The molecule has 3 heterocycles. The number of hydrogen-bond donors (Lipinski definition) is 0. The predicted molar refractivity (Wildman–Crippen MR) is 166 cm³/mol. The first-order valence-corrected chi connectivity index (χ1v) is 15.0. The summed E-state index contributed by atoms with van der Waals surface area (Å²) in [6, 6.07) is 25.9. The number of thiophene rings is 1. The number of halogens is 2. The standard InChI is InChI=1S/C33H26ClFN4O3S/c1-21-29(27-17-24(20-43-27)32-38-37-28(18-34)42-32)33(40)39(16-15-22-9-4-2-5-10-22)31(36-21)25-13-8-14-26(35)30(25)41-19-23-11-6-3-7-12-23/h2-14,17,20H,15-16,18-19H2,1H3. The van der Waals surface area contributed by atoms with Crippen molar-refractivity contribution in [2.45, 2.75) is 32.4 Å². The second-order valence-corrected chi connectivity index (χ2v) is 11.0. The van der Waals surface area contributed by atoms with Gasteiger partial charge in [-0.05, 0) is 42.7 Å². The first kappa shape index (κ1) is 28.5. The second kappa shape index (κ2) is 12.7. The third kappa shape index (κ3) is 6.14. The van der Waals surface area contributed by atoms with Gasteiger partial charge >= 0.3 is 0 Å². The van der Waals surface area contributed by atoms with Gasteiger partial charge < -0.3 is 9.15 Å². The van der Waals surface area contributed by atoms with Crippen molar-refractivity contribution < 1.29 is 13.5 Å². The molecule has 0 N–H and O–H groups in total. The molecule has 0 amide bonds. The van der Waals surface area contributed by atoms with Gasteiger partial charge in [-0.15, -0.1) is 33.1 Å². The van der Waals surface area contributed by atoms with Gasteiger partial charge in [0, 0.05) is 16.8 Å². The van der Waals surface area contributed by atoms with Gasteiger partial charge in [-0.2, -0.15) is 0 Å². The Morgan fingerprint density at radius 2 is 1.72 bits per heavy atom. The summed E-state index contributed by atoms with van der Waals surface area (Å²) in [5.41, 5.74) is 3.77. The molecule has 0 aliphatic carbocycles. The van der Waals surface area contributed by atoms with Crippen molar-refractivity contribution in [3.63, 3.8) is 0 Å². The van der Waals surface area contributed by atoms with Crippen molar-refractivity contribution in [1.29, 1.82) is 0 Å². The van der Waals surface area contributed by atoms with E-state index in [9.17, 15) is 4.79 Å².